The molecular formula is C12H14F3NO2S. The van der Waals surface area contributed by atoms with Crippen LogP contribution in [0.2, 0.25) is 0 Å². The Bertz CT molecular complexity index is 437. The molecule has 1 atom stereocenters. The lowest BCUT2D eigenvalue weighted by molar-refractivity contribution is -0.168. The molecule has 1 aromatic rings. The summed E-state index contributed by atoms with van der Waals surface area (Å²) < 4.78 is 47.7. The van der Waals surface area contributed by atoms with Gasteiger partial charge in [0, 0.05) is 0 Å². The second kappa shape index (κ2) is 6.72. The van der Waals surface area contributed by atoms with Gasteiger partial charge in [0.1, 0.15) is 11.7 Å². The highest BCUT2D eigenvalue weighted by Crippen LogP contribution is 2.27. The molecule has 19 heavy (non-hydrogen) atoms. The summed E-state index contributed by atoms with van der Waals surface area (Å²) in [5.74, 6) is -1.31. The van der Waals surface area contributed by atoms with Crippen molar-refractivity contribution in [1.82, 2.24) is 0 Å². The molecule has 0 radical (unpaired) electrons. The van der Waals surface area contributed by atoms with Gasteiger partial charge in [0.2, 0.25) is 0 Å². The first-order valence-electron chi connectivity index (χ1n) is 5.41. The van der Waals surface area contributed by atoms with Crippen LogP contribution in [0.25, 0.3) is 0 Å². The fourth-order valence-electron chi connectivity index (χ4n) is 1.39. The van der Waals surface area contributed by atoms with Gasteiger partial charge in [-0.1, -0.05) is 24.4 Å². The lowest BCUT2D eigenvalue weighted by Gasteiger charge is -2.18. The fourth-order valence-corrected chi connectivity index (χ4v) is 1.60. The molecular weight excluding hydrogens is 279 g/mol. The minimum Gasteiger partial charge on any atom is -0.497 e. The molecule has 0 fully saturated rings. The third-order valence-electron chi connectivity index (χ3n) is 2.43. The first kappa shape index (κ1) is 15.7. The standard InChI is InChI=1S/C12H14F3NO2S/c1-17-9-4-2-3-8(5-9)6-18-7-10(11(16)19)12(13,14)15/h2-5,10H,6-7H2,1H3,(H2,16,19). The van der Waals surface area contributed by atoms with Crippen molar-refractivity contribution in [2.45, 2.75) is 12.8 Å². The second-order valence-electron chi connectivity index (χ2n) is 3.86. The summed E-state index contributed by atoms with van der Waals surface area (Å²) in [6.45, 7) is -0.553. The van der Waals surface area contributed by atoms with Crippen LogP contribution < -0.4 is 10.5 Å². The van der Waals surface area contributed by atoms with Gasteiger partial charge in [-0.05, 0) is 17.7 Å². The van der Waals surface area contributed by atoms with Crippen LogP contribution in [0.4, 0.5) is 13.2 Å². The molecule has 1 aromatic carbocycles. The first-order valence-corrected chi connectivity index (χ1v) is 5.82. The van der Waals surface area contributed by atoms with Gasteiger partial charge in [-0.15, -0.1) is 0 Å². The van der Waals surface area contributed by atoms with Gasteiger partial charge in [0.25, 0.3) is 0 Å². The highest BCUT2D eigenvalue weighted by atomic mass is 32.1. The summed E-state index contributed by atoms with van der Waals surface area (Å²) in [6.07, 6.45) is -4.49. The summed E-state index contributed by atoms with van der Waals surface area (Å²) in [4.78, 5) is -0.613. The van der Waals surface area contributed by atoms with Crippen LogP contribution in [0.3, 0.4) is 0 Å². The molecule has 0 heterocycles. The minimum absolute atomic E-state index is 0.0341. The Hall–Kier alpha value is -1.34. The Morgan fingerprint density at radius 2 is 2.11 bits per heavy atom. The topological polar surface area (TPSA) is 44.5 Å². The molecule has 3 nitrogen and oxygen atoms in total. The van der Waals surface area contributed by atoms with E-state index >= 15 is 0 Å². The number of thiocarbonyl (C=S) groups is 1. The second-order valence-corrected chi connectivity index (χ2v) is 4.33. The molecule has 106 valence electrons. The van der Waals surface area contributed by atoms with E-state index in [1.165, 1.54) is 7.11 Å². The van der Waals surface area contributed by atoms with E-state index in [0.717, 1.165) is 0 Å². The molecule has 0 bridgehead atoms. The predicted octanol–water partition coefficient (Wildman–Crippen LogP) is 2.68. The normalized spacial score (nSPS) is 13.1. The number of alkyl halides is 3. The largest absolute Gasteiger partial charge is 0.497 e. The summed E-state index contributed by atoms with van der Waals surface area (Å²) in [5.41, 5.74) is 5.77. The number of methoxy groups -OCH3 is 1. The van der Waals surface area contributed by atoms with E-state index in [9.17, 15) is 13.2 Å². The molecule has 0 saturated carbocycles. The number of rotatable bonds is 6. The van der Waals surface area contributed by atoms with E-state index in [1.54, 1.807) is 24.3 Å². The van der Waals surface area contributed by atoms with Crippen molar-refractivity contribution in [2.24, 2.45) is 11.7 Å². The van der Waals surface area contributed by atoms with Gasteiger partial charge in [-0.2, -0.15) is 13.2 Å². The minimum atomic E-state index is -4.49. The maximum atomic E-state index is 12.5. The molecule has 0 aliphatic rings. The van der Waals surface area contributed by atoms with Crippen LogP contribution in [-0.4, -0.2) is 24.9 Å². The molecule has 1 unspecified atom stereocenters. The third kappa shape index (κ3) is 5.04. The first-order chi connectivity index (χ1) is 8.84. The number of hydrogen-bond acceptors (Lipinski definition) is 3. The number of halogens is 3. The molecule has 2 N–H and O–H groups in total. The van der Waals surface area contributed by atoms with E-state index in [-0.39, 0.29) is 6.61 Å². The lowest BCUT2D eigenvalue weighted by atomic mass is 10.1. The molecule has 0 spiro atoms. The van der Waals surface area contributed by atoms with Crippen molar-refractivity contribution in [3.63, 3.8) is 0 Å². The van der Waals surface area contributed by atoms with Crippen LogP contribution >= 0.6 is 12.2 Å². The predicted molar refractivity (Wildman–Crippen MR) is 69.0 cm³/mol. The average molecular weight is 293 g/mol. The van der Waals surface area contributed by atoms with Crippen molar-refractivity contribution >= 4 is 17.2 Å². The summed E-state index contributed by atoms with van der Waals surface area (Å²) >= 11 is 4.39. The van der Waals surface area contributed by atoms with Crippen molar-refractivity contribution in [1.29, 1.82) is 0 Å². The lowest BCUT2D eigenvalue weighted by Crippen LogP contribution is -2.37. The van der Waals surface area contributed by atoms with Crippen LogP contribution in [-0.2, 0) is 11.3 Å². The number of hydrogen-bond donors (Lipinski definition) is 1. The third-order valence-corrected chi connectivity index (χ3v) is 2.71. The number of benzene rings is 1. The van der Waals surface area contributed by atoms with Crippen molar-refractivity contribution in [2.75, 3.05) is 13.7 Å². The summed E-state index contributed by atoms with van der Waals surface area (Å²) in [5, 5.41) is 0. The maximum absolute atomic E-state index is 12.5. The molecule has 7 heteroatoms. The van der Waals surface area contributed by atoms with Crippen LogP contribution in [0.5, 0.6) is 5.75 Å². The quantitative estimate of drug-likeness (QED) is 0.819. The molecule has 0 aliphatic heterocycles. The smallest absolute Gasteiger partial charge is 0.400 e. The van der Waals surface area contributed by atoms with Crippen LogP contribution in [0.1, 0.15) is 5.56 Å². The van der Waals surface area contributed by atoms with Gasteiger partial charge in [-0.25, -0.2) is 0 Å². The van der Waals surface area contributed by atoms with Gasteiger partial charge in [0.05, 0.1) is 25.3 Å². The molecule has 0 saturated heterocycles. The van der Waals surface area contributed by atoms with E-state index in [4.69, 9.17) is 15.2 Å². The van der Waals surface area contributed by atoms with Crippen molar-refractivity contribution in [3.05, 3.63) is 29.8 Å². The molecule has 0 amide bonds. The van der Waals surface area contributed by atoms with Gasteiger partial charge in [-0.3, -0.25) is 0 Å². The SMILES string of the molecule is COc1cccc(COCC(C(N)=S)C(F)(F)F)c1. The number of ether oxygens (including phenoxy) is 2. The number of nitrogens with two attached hydrogens (primary N) is 1. The summed E-state index contributed by atoms with van der Waals surface area (Å²) in [6, 6.07) is 6.87. The van der Waals surface area contributed by atoms with Gasteiger partial charge < -0.3 is 15.2 Å². The van der Waals surface area contributed by atoms with E-state index in [1.807, 2.05) is 0 Å². The zero-order chi connectivity index (χ0) is 14.5. The summed E-state index contributed by atoms with van der Waals surface area (Å²) in [7, 11) is 1.51. The van der Waals surface area contributed by atoms with Crippen molar-refractivity contribution in [3.8, 4) is 5.75 Å². The molecule has 1 rings (SSSR count). The Balaban J connectivity index is 2.54. The van der Waals surface area contributed by atoms with Crippen LogP contribution in [0.15, 0.2) is 24.3 Å². The zero-order valence-corrected chi connectivity index (χ0v) is 11.1. The van der Waals surface area contributed by atoms with Gasteiger partial charge >= 0.3 is 6.18 Å². The monoisotopic (exact) mass is 293 g/mol. The fraction of sp³-hybridized carbons (Fsp3) is 0.417. The Morgan fingerprint density at radius 3 is 2.63 bits per heavy atom. The van der Waals surface area contributed by atoms with E-state index < -0.39 is 23.7 Å². The van der Waals surface area contributed by atoms with Gasteiger partial charge in [0.15, 0.2) is 0 Å². The Kier molecular flexibility index (Phi) is 5.56. The average Bonchev–Trinajstić information content (AvgIpc) is 2.33. The zero-order valence-electron chi connectivity index (χ0n) is 10.2. The maximum Gasteiger partial charge on any atom is 0.400 e. The van der Waals surface area contributed by atoms with Crippen LogP contribution in [0, 0.1) is 5.92 Å². The Labute approximate surface area is 114 Å². The highest BCUT2D eigenvalue weighted by Gasteiger charge is 2.41. The Morgan fingerprint density at radius 1 is 1.42 bits per heavy atom. The van der Waals surface area contributed by atoms with E-state index in [2.05, 4.69) is 12.2 Å². The molecule has 0 aliphatic carbocycles. The molecule has 0 aromatic heterocycles. The van der Waals surface area contributed by atoms with Crippen molar-refractivity contribution < 1.29 is 22.6 Å². The van der Waals surface area contributed by atoms with E-state index in [0.29, 0.717) is 11.3 Å². The highest BCUT2D eigenvalue weighted by molar-refractivity contribution is 7.80.